The van der Waals surface area contributed by atoms with Crippen LogP contribution < -0.4 is 11.1 Å². The van der Waals surface area contributed by atoms with E-state index >= 15 is 0 Å². The molecule has 2 heterocycles. The van der Waals surface area contributed by atoms with Crippen LogP contribution in [-0.4, -0.2) is 38.9 Å². The molecule has 0 radical (unpaired) electrons. The number of carbonyl (C=O) groups excluding carboxylic acids is 2. The van der Waals surface area contributed by atoms with Gasteiger partial charge in [-0.25, -0.2) is 14.8 Å². The number of ether oxygens (including phenoxy) is 1. The third kappa shape index (κ3) is 4.92. The van der Waals surface area contributed by atoms with E-state index in [-0.39, 0.29) is 23.9 Å². The minimum atomic E-state index is -0.581. The van der Waals surface area contributed by atoms with E-state index in [9.17, 15) is 9.59 Å². The second-order valence-electron chi connectivity index (χ2n) is 5.00. The molecule has 0 aliphatic rings. The van der Waals surface area contributed by atoms with Crippen molar-refractivity contribution >= 4 is 35.3 Å². The summed E-state index contributed by atoms with van der Waals surface area (Å²) in [4.78, 5) is 32.2. The van der Waals surface area contributed by atoms with Crippen molar-refractivity contribution in [1.29, 1.82) is 0 Å². The van der Waals surface area contributed by atoms with Gasteiger partial charge < -0.3 is 20.3 Å². The van der Waals surface area contributed by atoms with Crippen LogP contribution in [0.2, 0.25) is 0 Å². The molecule has 0 bridgehead atoms. The van der Waals surface area contributed by atoms with E-state index in [1.54, 1.807) is 19.9 Å². The van der Waals surface area contributed by atoms with Gasteiger partial charge in [-0.1, -0.05) is 23.8 Å². The standard InChI is InChI=1S/C15H19N5O4S/c1-4-10(13(21)18-11-6-8(3)24-20-11)25-15-17-7-9(12(16)19-15)14(22)23-5-2/h6-7,10H,4-5H2,1-3H3,(H2,16,17,19)(H,18,20,21)/t10-/m0/s1. The molecule has 10 heteroatoms. The van der Waals surface area contributed by atoms with Crippen LogP contribution in [0.1, 0.15) is 36.4 Å². The van der Waals surface area contributed by atoms with Crippen molar-refractivity contribution in [2.75, 3.05) is 17.7 Å². The van der Waals surface area contributed by atoms with Crippen LogP contribution in [0.4, 0.5) is 11.6 Å². The highest BCUT2D eigenvalue weighted by molar-refractivity contribution is 8.00. The number of nitrogen functional groups attached to an aromatic ring is 1. The number of hydrogen-bond donors (Lipinski definition) is 2. The molecule has 0 saturated carbocycles. The Bertz CT molecular complexity index is 764. The van der Waals surface area contributed by atoms with E-state index in [2.05, 4.69) is 20.4 Å². The number of rotatable bonds is 7. The molecule has 9 nitrogen and oxygen atoms in total. The van der Waals surface area contributed by atoms with Crippen molar-refractivity contribution < 1.29 is 18.8 Å². The molecule has 25 heavy (non-hydrogen) atoms. The number of nitrogens with two attached hydrogens (primary N) is 1. The first kappa shape index (κ1) is 18.7. The molecule has 134 valence electrons. The van der Waals surface area contributed by atoms with Crippen molar-refractivity contribution in [3.63, 3.8) is 0 Å². The molecule has 0 aliphatic carbocycles. The smallest absolute Gasteiger partial charge is 0.343 e. The Kier molecular flexibility index (Phi) is 6.34. The third-order valence-corrected chi connectivity index (χ3v) is 4.32. The zero-order chi connectivity index (χ0) is 18.4. The van der Waals surface area contributed by atoms with Gasteiger partial charge in [-0.05, 0) is 20.3 Å². The van der Waals surface area contributed by atoms with Crippen molar-refractivity contribution in [1.82, 2.24) is 15.1 Å². The fourth-order valence-corrected chi connectivity index (χ4v) is 2.73. The number of nitrogens with one attached hydrogen (secondary N) is 1. The number of aromatic nitrogens is 3. The number of nitrogens with zero attached hydrogens (tertiary/aromatic N) is 3. The molecule has 2 rings (SSSR count). The molecule has 1 atom stereocenters. The van der Waals surface area contributed by atoms with Crippen molar-refractivity contribution in [3.8, 4) is 0 Å². The lowest BCUT2D eigenvalue weighted by Gasteiger charge is -2.13. The Balaban J connectivity index is 2.06. The van der Waals surface area contributed by atoms with E-state index in [1.807, 2.05) is 6.92 Å². The van der Waals surface area contributed by atoms with Crippen molar-refractivity contribution in [2.45, 2.75) is 37.6 Å². The predicted molar refractivity (Wildman–Crippen MR) is 92.2 cm³/mol. The summed E-state index contributed by atoms with van der Waals surface area (Å²) in [6.07, 6.45) is 1.84. The average molecular weight is 365 g/mol. The zero-order valence-electron chi connectivity index (χ0n) is 14.1. The monoisotopic (exact) mass is 365 g/mol. The lowest BCUT2D eigenvalue weighted by atomic mass is 10.3. The van der Waals surface area contributed by atoms with Gasteiger partial charge >= 0.3 is 5.97 Å². The summed E-state index contributed by atoms with van der Waals surface area (Å²) in [5.74, 6) is 0.125. The normalized spacial score (nSPS) is 11.8. The molecular weight excluding hydrogens is 346 g/mol. The van der Waals surface area contributed by atoms with E-state index in [0.717, 1.165) is 11.8 Å². The van der Waals surface area contributed by atoms with E-state index in [1.165, 1.54) is 6.20 Å². The minimum Gasteiger partial charge on any atom is -0.462 e. The average Bonchev–Trinajstić information content (AvgIpc) is 2.97. The van der Waals surface area contributed by atoms with Crippen LogP contribution in [0.5, 0.6) is 0 Å². The second kappa shape index (κ2) is 8.47. The van der Waals surface area contributed by atoms with E-state index in [4.69, 9.17) is 15.0 Å². The van der Waals surface area contributed by atoms with Crippen LogP contribution in [0.25, 0.3) is 0 Å². The fraction of sp³-hybridized carbons (Fsp3) is 0.400. The Hall–Kier alpha value is -2.62. The van der Waals surface area contributed by atoms with Gasteiger partial charge in [0.05, 0.1) is 11.9 Å². The molecule has 2 aromatic heterocycles. The second-order valence-corrected chi connectivity index (χ2v) is 6.17. The highest BCUT2D eigenvalue weighted by Crippen LogP contribution is 2.25. The number of hydrogen-bond acceptors (Lipinski definition) is 9. The van der Waals surface area contributed by atoms with Crippen LogP contribution in [0, 0.1) is 6.92 Å². The van der Waals surface area contributed by atoms with Gasteiger partial charge in [-0.2, -0.15) is 0 Å². The first-order valence-corrected chi connectivity index (χ1v) is 8.53. The molecular formula is C15H19N5O4S. The van der Waals surface area contributed by atoms with Gasteiger partial charge in [0.15, 0.2) is 11.0 Å². The van der Waals surface area contributed by atoms with Gasteiger partial charge in [-0.3, -0.25) is 4.79 Å². The molecule has 0 spiro atoms. The maximum Gasteiger partial charge on any atom is 0.343 e. The van der Waals surface area contributed by atoms with Crippen molar-refractivity contribution in [2.24, 2.45) is 0 Å². The topological polar surface area (TPSA) is 133 Å². The summed E-state index contributed by atoms with van der Waals surface area (Å²) in [5.41, 5.74) is 5.88. The van der Waals surface area contributed by atoms with Gasteiger partial charge in [0.2, 0.25) is 5.91 Å². The van der Waals surface area contributed by atoms with Gasteiger partial charge in [0, 0.05) is 12.3 Å². The number of carbonyl (C=O) groups is 2. The molecule has 0 aromatic carbocycles. The van der Waals surface area contributed by atoms with Gasteiger partial charge in [0.1, 0.15) is 17.1 Å². The molecule has 0 unspecified atom stereocenters. The summed E-state index contributed by atoms with van der Waals surface area (Å²) >= 11 is 1.15. The lowest BCUT2D eigenvalue weighted by Crippen LogP contribution is -2.25. The maximum absolute atomic E-state index is 12.3. The summed E-state index contributed by atoms with van der Waals surface area (Å²) in [5, 5.41) is 6.23. The molecule has 3 N–H and O–H groups in total. The first-order chi connectivity index (χ1) is 11.9. The maximum atomic E-state index is 12.3. The number of thioether (sulfide) groups is 1. The van der Waals surface area contributed by atoms with Crippen LogP contribution in [0.3, 0.4) is 0 Å². The largest absolute Gasteiger partial charge is 0.462 e. The fourth-order valence-electron chi connectivity index (χ4n) is 1.88. The quantitative estimate of drug-likeness (QED) is 0.429. The Labute approximate surface area is 148 Å². The van der Waals surface area contributed by atoms with Crippen LogP contribution in [0.15, 0.2) is 21.9 Å². The van der Waals surface area contributed by atoms with Gasteiger partial charge in [0.25, 0.3) is 0 Å². The third-order valence-electron chi connectivity index (χ3n) is 3.08. The summed E-state index contributed by atoms with van der Waals surface area (Å²) in [6, 6.07) is 1.62. The first-order valence-electron chi connectivity index (χ1n) is 7.65. The number of anilines is 2. The van der Waals surface area contributed by atoms with Crippen LogP contribution in [-0.2, 0) is 9.53 Å². The Morgan fingerprint density at radius 3 is 2.76 bits per heavy atom. The number of esters is 1. The summed E-state index contributed by atoms with van der Waals surface area (Å²) in [7, 11) is 0. The SMILES string of the molecule is CCOC(=O)c1cnc(S[C@@H](CC)C(=O)Nc2cc(C)on2)nc1N. The molecule has 1 amide bonds. The highest BCUT2D eigenvalue weighted by Gasteiger charge is 2.22. The lowest BCUT2D eigenvalue weighted by molar-refractivity contribution is -0.115. The zero-order valence-corrected chi connectivity index (χ0v) is 14.9. The molecule has 0 aliphatic heterocycles. The Morgan fingerprint density at radius 2 is 2.20 bits per heavy atom. The summed E-state index contributed by atoms with van der Waals surface area (Å²) in [6.45, 7) is 5.52. The molecule has 2 aromatic rings. The van der Waals surface area contributed by atoms with E-state index < -0.39 is 11.2 Å². The number of aryl methyl sites for hydroxylation is 1. The minimum absolute atomic E-state index is 0.0123. The van der Waals surface area contributed by atoms with Crippen LogP contribution >= 0.6 is 11.8 Å². The van der Waals surface area contributed by atoms with Crippen molar-refractivity contribution in [3.05, 3.63) is 23.6 Å². The number of amides is 1. The highest BCUT2D eigenvalue weighted by atomic mass is 32.2. The van der Waals surface area contributed by atoms with E-state index in [0.29, 0.717) is 23.2 Å². The predicted octanol–water partition coefficient (Wildman–Crippen LogP) is 2.04. The molecule has 0 saturated heterocycles. The summed E-state index contributed by atoms with van der Waals surface area (Å²) < 4.78 is 9.78. The Morgan fingerprint density at radius 1 is 1.44 bits per heavy atom. The molecule has 0 fully saturated rings. The van der Waals surface area contributed by atoms with Gasteiger partial charge in [-0.15, -0.1) is 0 Å².